The van der Waals surface area contributed by atoms with E-state index in [0.717, 1.165) is 48.0 Å². The number of aryl methyl sites for hydroxylation is 2. The number of nitrogens with zero attached hydrogens (tertiary/aromatic N) is 2. The van der Waals surface area contributed by atoms with E-state index in [2.05, 4.69) is 33.8 Å². The van der Waals surface area contributed by atoms with Gasteiger partial charge in [-0.05, 0) is 49.3 Å². The lowest BCUT2D eigenvalue weighted by molar-refractivity contribution is -0.117. The van der Waals surface area contributed by atoms with Crippen molar-refractivity contribution >= 4 is 45.2 Å². The number of carbonyl (C=O) groups is 2. The van der Waals surface area contributed by atoms with Crippen molar-refractivity contribution in [2.24, 2.45) is 5.92 Å². The highest BCUT2D eigenvalue weighted by Crippen LogP contribution is 2.34. The van der Waals surface area contributed by atoms with Crippen LogP contribution in [0.15, 0.2) is 54.9 Å². The summed E-state index contributed by atoms with van der Waals surface area (Å²) < 4.78 is 12.1. The number of esters is 1. The third kappa shape index (κ3) is 5.83. The molecule has 3 aromatic heterocycles. The van der Waals surface area contributed by atoms with Gasteiger partial charge in [-0.3, -0.25) is 4.79 Å². The number of aromatic nitrogens is 3. The molecule has 0 saturated carbocycles. The van der Waals surface area contributed by atoms with Gasteiger partial charge in [0.25, 0.3) is 0 Å². The summed E-state index contributed by atoms with van der Waals surface area (Å²) in [5.41, 5.74) is 4.34. The number of benzene rings is 1. The molecule has 1 atom stereocenters. The van der Waals surface area contributed by atoms with Crippen molar-refractivity contribution < 1.29 is 19.1 Å². The number of nitrogens with one attached hydrogen (secondary N) is 3. The lowest BCUT2D eigenvalue weighted by Gasteiger charge is -2.18. The van der Waals surface area contributed by atoms with Gasteiger partial charge < -0.3 is 29.7 Å². The number of carbonyl (C=O) groups excluding carboxylic acids is 2. The normalized spacial score (nSPS) is 15.1. The smallest absolute Gasteiger partial charge is 0.356 e. The van der Waals surface area contributed by atoms with Crippen molar-refractivity contribution in [1.29, 1.82) is 0 Å². The molecule has 0 radical (unpaired) electrons. The molecule has 1 aliphatic rings. The highest BCUT2D eigenvalue weighted by Gasteiger charge is 2.26. The van der Waals surface area contributed by atoms with Crippen LogP contribution >= 0.6 is 0 Å². The first-order chi connectivity index (χ1) is 19.1. The Morgan fingerprint density at radius 1 is 1.18 bits per heavy atom. The number of aromatic amines is 1. The van der Waals surface area contributed by atoms with Crippen LogP contribution in [0.5, 0.6) is 0 Å². The molecule has 0 aliphatic heterocycles. The summed E-state index contributed by atoms with van der Waals surface area (Å²) in [5.74, 6) is -0.215. The average molecular weight is 530 g/mol. The standard InChI is InChI=1S/C30H35N5O4/c1-38-15-13-26(36)34-27-24-16-22(31-17-20-8-4-3-5-9-20)19-33-29(24)35(28(27)30(37)39-2)14-12-21-18-32-25-11-7-6-10-23(21)25/h3-4,6-7,10-11,16,18-20,31-32H,5,8-9,12-15,17H2,1-2H3,(H,34,36)/t20-/m0/s1. The number of H-pyrrole nitrogens is 1. The van der Waals surface area contributed by atoms with E-state index in [1.165, 1.54) is 7.11 Å². The van der Waals surface area contributed by atoms with Crippen LogP contribution in [0.2, 0.25) is 0 Å². The van der Waals surface area contributed by atoms with Crippen LogP contribution in [0.3, 0.4) is 0 Å². The lowest BCUT2D eigenvalue weighted by atomic mass is 9.94. The third-order valence-corrected chi connectivity index (χ3v) is 7.33. The quantitative estimate of drug-likeness (QED) is 0.180. The minimum Gasteiger partial charge on any atom is -0.464 e. The molecular weight excluding hydrogens is 494 g/mol. The summed E-state index contributed by atoms with van der Waals surface area (Å²) in [4.78, 5) is 34.0. The predicted molar refractivity (Wildman–Crippen MR) is 153 cm³/mol. The fourth-order valence-corrected chi connectivity index (χ4v) is 5.25. The second-order valence-electron chi connectivity index (χ2n) is 9.89. The number of pyridine rings is 1. The van der Waals surface area contributed by atoms with Crippen molar-refractivity contribution in [2.75, 3.05) is 38.0 Å². The summed E-state index contributed by atoms with van der Waals surface area (Å²) in [6.07, 6.45) is 12.4. The first kappa shape index (κ1) is 26.5. The van der Waals surface area contributed by atoms with Crippen LogP contribution in [-0.4, -0.2) is 53.8 Å². The van der Waals surface area contributed by atoms with Crippen LogP contribution in [0.4, 0.5) is 11.4 Å². The Kier molecular flexibility index (Phi) is 8.27. The number of rotatable bonds is 11. The molecule has 9 heteroatoms. The fraction of sp³-hybridized carbons (Fsp3) is 0.367. The molecule has 9 nitrogen and oxygen atoms in total. The Balaban J connectivity index is 1.52. The molecule has 5 rings (SSSR count). The first-order valence-corrected chi connectivity index (χ1v) is 13.4. The van der Waals surface area contributed by atoms with E-state index in [9.17, 15) is 9.59 Å². The number of fused-ring (bicyclic) bond motifs is 2. The Hall–Kier alpha value is -4.11. The van der Waals surface area contributed by atoms with Gasteiger partial charge in [0.15, 0.2) is 5.69 Å². The zero-order valence-electron chi connectivity index (χ0n) is 22.5. The Morgan fingerprint density at radius 2 is 2.05 bits per heavy atom. The zero-order valence-corrected chi connectivity index (χ0v) is 22.5. The van der Waals surface area contributed by atoms with Crippen molar-refractivity contribution in [2.45, 2.75) is 38.6 Å². The summed E-state index contributed by atoms with van der Waals surface area (Å²) in [7, 11) is 2.90. The summed E-state index contributed by atoms with van der Waals surface area (Å²) >= 11 is 0. The minimum atomic E-state index is -0.530. The highest BCUT2D eigenvalue weighted by atomic mass is 16.5. The molecule has 3 N–H and O–H groups in total. The monoisotopic (exact) mass is 529 g/mol. The molecule has 204 valence electrons. The maximum Gasteiger partial charge on any atom is 0.356 e. The van der Waals surface area contributed by atoms with E-state index < -0.39 is 5.97 Å². The second kappa shape index (κ2) is 12.2. The van der Waals surface area contributed by atoms with Gasteiger partial charge in [0.05, 0.1) is 37.7 Å². The van der Waals surface area contributed by atoms with E-state index in [0.29, 0.717) is 35.6 Å². The van der Waals surface area contributed by atoms with Crippen LogP contribution in [0.25, 0.3) is 21.9 Å². The van der Waals surface area contributed by atoms with E-state index in [1.54, 1.807) is 13.3 Å². The van der Waals surface area contributed by atoms with Gasteiger partial charge in [0.2, 0.25) is 5.91 Å². The highest BCUT2D eigenvalue weighted by molar-refractivity contribution is 6.11. The number of para-hydroxylation sites is 1. The molecule has 3 heterocycles. The molecule has 4 aromatic rings. The van der Waals surface area contributed by atoms with Gasteiger partial charge in [-0.2, -0.15) is 0 Å². The number of hydrogen-bond donors (Lipinski definition) is 3. The molecule has 1 amide bonds. The molecule has 0 spiro atoms. The molecular formula is C30H35N5O4. The molecule has 0 bridgehead atoms. The summed E-state index contributed by atoms with van der Waals surface area (Å²) in [5, 5.41) is 8.29. The maximum atomic E-state index is 13.1. The number of allylic oxidation sites excluding steroid dienone is 2. The third-order valence-electron chi connectivity index (χ3n) is 7.33. The number of anilines is 2. The maximum absolute atomic E-state index is 13.1. The van der Waals surface area contributed by atoms with Gasteiger partial charge in [-0.1, -0.05) is 30.4 Å². The number of amides is 1. The molecule has 0 fully saturated rings. The SMILES string of the molecule is COCCC(=O)Nc1c(C(=O)OC)n(CCc2c[nH]c3ccccc23)c2ncc(NC[C@H]3CC=CCC3)cc12. The average Bonchev–Trinajstić information content (AvgIpc) is 3.52. The van der Waals surface area contributed by atoms with Crippen molar-refractivity contribution in [1.82, 2.24) is 14.5 Å². The van der Waals surface area contributed by atoms with Crippen molar-refractivity contribution in [3.63, 3.8) is 0 Å². The van der Waals surface area contributed by atoms with Crippen LogP contribution in [0, 0.1) is 5.92 Å². The van der Waals surface area contributed by atoms with Gasteiger partial charge in [-0.25, -0.2) is 9.78 Å². The van der Waals surface area contributed by atoms with Crippen molar-refractivity contribution in [3.8, 4) is 0 Å². The minimum absolute atomic E-state index is 0.166. The number of ether oxygens (including phenoxy) is 2. The van der Waals surface area contributed by atoms with E-state index in [1.807, 2.05) is 35.0 Å². The second-order valence-corrected chi connectivity index (χ2v) is 9.89. The van der Waals surface area contributed by atoms with E-state index in [-0.39, 0.29) is 24.6 Å². The molecule has 39 heavy (non-hydrogen) atoms. The number of methoxy groups -OCH3 is 2. The van der Waals surface area contributed by atoms with Crippen LogP contribution in [-0.2, 0) is 27.2 Å². The van der Waals surface area contributed by atoms with Gasteiger partial charge in [0.1, 0.15) is 5.65 Å². The lowest BCUT2D eigenvalue weighted by Crippen LogP contribution is -2.18. The van der Waals surface area contributed by atoms with Crippen LogP contribution < -0.4 is 10.6 Å². The zero-order chi connectivity index (χ0) is 27.2. The Morgan fingerprint density at radius 3 is 2.85 bits per heavy atom. The summed E-state index contributed by atoms with van der Waals surface area (Å²) in [6.45, 7) is 1.59. The van der Waals surface area contributed by atoms with Gasteiger partial charge >= 0.3 is 5.97 Å². The first-order valence-electron chi connectivity index (χ1n) is 13.4. The molecule has 1 aliphatic carbocycles. The molecule has 0 unspecified atom stereocenters. The largest absolute Gasteiger partial charge is 0.464 e. The summed E-state index contributed by atoms with van der Waals surface area (Å²) in [6, 6.07) is 10.1. The Labute approximate surface area is 227 Å². The number of hydrogen-bond acceptors (Lipinski definition) is 6. The Bertz CT molecular complexity index is 1500. The van der Waals surface area contributed by atoms with E-state index in [4.69, 9.17) is 14.5 Å². The fourth-order valence-electron chi connectivity index (χ4n) is 5.25. The van der Waals surface area contributed by atoms with Crippen LogP contribution in [0.1, 0.15) is 41.7 Å². The van der Waals surface area contributed by atoms with Gasteiger partial charge in [0, 0.05) is 42.7 Å². The molecule has 1 aromatic carbocycles. The van der Waals surface area contributed by atoms with Gasteiger partial charge in [-0.15, -0.1) is 0 Å². The van der Waals surface area contributed by atoms with E-state index >= 15 is 0 Å². The topological polar surface area (TPSA) is 110 Å². The molecule has 0 saturated heterocycles. The van der Waals surface area contributed by atoms with Crippen molar-refractivity contribution in [3.05, 3.63) is 66.1 Å². The predicted octanol–water partition coefficient (Wildman–Crippen LogP) is 5.29.